The Morgan fingerprint density at radius 1 is 1.36 bits per heavy atom. The summed E-state index contributed by atoms with van der Waals surface area (Å²) in [6, 6.07) is 5.11. The van der Waals surface area contributed by atoms with Crippen molar-refractivity contribution in [1.29, 1.82) is 0 Å². The van der Waals surface area contributed by atoms with Gasteiger partial charge in [-0.1, -0.05) is 12.1 Å². The van der Waals surface area contributed by atoms with Gasteiger partial charge in [0.1, 0.15) is 5.78 Å². The van der Waals surface area contributed by atoms with Gasteiger partial charge in [0.2, 0.25) is 0 Å². The summed E-state index contributed by atoms with van der Waals surface area (Å²) in [6.45, 7) is 1.23. The molecule has 0 fully saturated rings. The number of carbonyl (C=O) groups excluding carboxylic acids is 2. The molecule has 9 nitrogen and oxygen atoms in total. The van der Waals surface area contributed by atoms with E-state index in [0.717, 1.165) is 13.2 Å². The summed E-state index contributed by atoms with van der Waals surface area (Å²) in [7, 11) is 1.00. The maximum absolute atomic E-state index is 11.7. The molecule has 22 heavy (non-hydrogen) atoms. The Morgan fingerprint density at radius 3 is 2.45 bits per heavy atom. The van der Waals surface area contributed by atoms with E-state index in [1.165, 1.54) is 25.1 Å². The van der Waals surface area contributed by atoms with Crippen LogP contribution in [0.25, 0.3) is 0 Å². The van der Waals surface area contributed by atoms with Gasteiger partial charge in [0.05, 0.1) is 18.0 Å². The van der Waals surface area contributed by atoms with E-state index in [2.05, 4.69) is 4.74 Å². The third-order valence-electron chi connectivity index (χ3n) is 2.91. The number of nitro groups is 1. The normalized spacial score (nSPS) is 13.0. The second kappa shape index (κ2) is 7.16. The summed E-state index contributed by atoms with van der Waals surface area (Å²) in [5.74, 6) is -2.66. The third-order valence-corrected chi connectivity index (χ3v) is 2.91. The molecular formula is C13H14N2O7. The van der Waals surface area contributed by atoms with Crippen molar-refractivity contribution >= 4 is 23.2 Å². The number of hydrogen-bond donors (Lipinski definition) is 1. The Labute approximate surface area is 125 Å². The molecule has 118 valence electrons. The molecule has 1 aromatic rings. The second-order valence-corrected chi connectivity index (χ2v) is 4.46. The molecule has 0 aromatic heterocycles. The molecule has 0 saturated heterocycles. The Balaban J connectivity index is 3.43. The first-order chi connectivity index (χ1) is 10.3. The van der Waals surface area contributed by atoms with Crippen molar-refractivity contribution in [2.24, 2.45) is 0 Å². The highest BCUT2D eigenvalue weighted by Gasteiger charge is 2.36. The Morgan fingerprint density at radius 2 is 2.00 bits per heavy atom. The van der Waals surface area contributed by atoms with Crippen LogP contribution in [-0.4, -0.2) is 39.6 Å². The van der Waals surface area contributed by atoms with Gasteiger partial charge >= 0.3 is 11.7 Å². The first kappa shape index (κ1) is 17.1. The molecule has 0 bridgehead atoms. The number of Topliss-reactive ketones (excluding diaryl/α,β-unsaturated/α-hetero) is 1. The first-order valence-electron chi connectivity index (χ1n) is 6.13. The van der Waals surface area contributed by atoms with Gasteiger partial charge in [-0.2, -0.15) is 0 Å². The molecule has 1 aromatic carbocycles. The molecule has 0 aliphatic heterocycles. The fourth-order valence-electron chi connectivity index (χ4n) is 1.97. The van der Waals surface area contributed by atoms with Crippen LogP contribution in [0.2, 0.25) is 0 Å². The lowest BCUT2D eigenvalue weighted by atomic mass is 9.89. The summed E-state index contributed by atoms with van der Waals surface area (Å²) < 4.78 is 4.41. The summed E-state index contributed by atoms with van der Waals surface area (Å²) in [5.41, 5.74) is -0.830. The van der Waals surface area contributed by atoms with Gasteiger partial charge in [0.15, 0.2) is 0 Å². The van der Waals surface area contributed by atoms with E-state index in [-0.39, 0.29) is 23.5 Å². The second-order valence-electron chi connectivity index (χ2n) is 4.46. The number of ketones is 1. The van der Waals surface area contributed by atoms with Gasteiger partial charge in [-0.15, -0.1) is 0 Å². The van der Waals surface area contributed by atoms with Crippen molar-refractivity contribution in [2.75, 3.05) is 7.11 Å². The predicted molar refractivity (Wildman–Crippen MR) is 73.6 cm³/mol. The molecular weight excluding hydrogens is 296 g/mol. The maximum atomic E-state index is 11.7. The van der Waals surface area contributed by atoms with Crippen molar-refractivity contribution in [3.05, 3.63) is 45.2 Å². The number of benzene rings is 1. The number of nitrogens with zero attached hydrogens (tertiary/aromatic N) is 2. The summed E-state index contributed by atoms with van der Waals surface area (Å²) in [4.78, 5) is 32.5. The highest BCUT2D eigenvalue weighted by atomic mass is 16.8. The molecule has 0 heterocycles. The van der Waals surface area contributed by atoms with Gasteiger partial charge in [0.25, 0.3) is 5.69 Å². The Hall–Kier alpha value is -2.97. The standard InChI is InChI=1S/C13H14N2O7/c1-8(16)6-11(12(15(20)21)13(17)22-2)9-4-3-5-10(7-9)14(18)19/h3-5,7,11H,6H2,1-2H3,(H,20,21). The lowest BCUT2D eigenvalue weighted by Crippen LogP contribution is -2.32. The molecule has 9 heteroatoms. The zero-order chi connectivity index (χ0) is 16.9. The number of non-ortho nitro benzene ring substituents is 1. The summed E-state index contributed by atoms with van der Waals surface area (Å²) in [6.07, 6.45) is -0.301. The molecule has 0 amide bonds. The van der Waals surface area contributed by atoms with Crippen molar-refractivity contribution in [3.63, 3.8) is 0 Å². The van der Waals surface area contributed by atoms with Crippen molar-refractivity contribution in [2.45, 2.75) is 19.3 Å². The van der Waals surface area contributed by atoms with Crippen LogP contribution in [-0.2, 0) is 14.3 Å². The van der Waals surface area contributed by atoms with E-state index in [0.29, 0.717) is 0 Å². The van der Waals surface area contributed by atoms with Gasteiger partial charge in [0, 0.05) is 23.5 Å². The predicted octanol–water partition coefficient (Wildman–Crippen LogP) is 1.17. The minimum Gasteiger partial charge on any atom is -0.461 e. The van der Waals surface area contributed by atoms with Gasteiger partial charge < -0.3 is 9.94 Å². The Bertz CT molecular complexity index is 635. The summed E-state index contributed by atoms with van der Waals surface area (Å²) in [5, 5.41) is 31.2. The van der Waals surface area contributed by atoms with Gasteiger partial charge in [-0.3, -0.25) is 20.1 Å². The largest absolute Gasteiger partial charge is 0.461 e. The van der Waals surface area contributed by atoms with E-state index >= 15 is 0 Å². The molecule has 1 N–H and O–H groups in total. The van der Waals surface area contributed by atoms with Crippen molar-refractivity contribution < 1.29 is 29.4 Å². The SMILES string of the molecule is COC(=O)/C(C(CC(C)=O)c1cccc([N+](=O)[O-])c1)=[N+](\[O-])O. The molecule has 0 aliphatic carbocycles. The lowest BCUT2D eigenvalue weighted by Gasteiger charge is -2.13. The molecule has 0 aliphatic rings. The van der Waals surface area contributed by atoms with E-state index in [9.17, 15) is 24.9 Å². The molecule has 1 unspecified atom stereocenters. The number of esters is 1. The number of ether oxygens (including phenoxy) is 1. The monoisotopic (exact) mass is 310 g/mol. The van der Waals surface area contributed by atoms with Crippen LogP contribution in [0.4, 0.5) is 5.69 Å². The lowest BCUT2D eigenvalue weighted by molar-refractivity contribution is -0.726. The average Bonchev–Trinajstić information content (AvgIpc) is 2.45. The van der Waals surface area contributed by atoms with Crippen LogP contribution in [0, 0.1) is 15.3 Å². The van der Waals surface area contributed by atoms with Crippen molar-refractivity contribution in [1.82, 2.24) is 0 Å². The van der Waals surface area contributed by atoms with Gasteiger partial charge in [-0.05, 0) is 12.5 Å². The first-order valence-corrected chi connectivity index (χ1v) is 6.13. The highest BCUT2D eigenvalue weighted by molar-refractivity contribution is 6.36. The van der Waals surface area contributed by atoms with E-state index in [1.54, 1.807) is 0 Å². The molecule has 0 radical (unpaired) electrons. The Kier molecular flexibility index (Phi) is 5.56. The van der Waals surface area contributed by atoms with Crippen LogP contribution in [0.1, 0.15) is 24.8 Å². The van der Waals surface area contributed by atoms with E-state index in [4.69, 9.17) is 5.21 Å². The molecule has 0 spiro atoms. The van der Waals surface area contributed by atoms with E-state index in [1.807, 2.05) is 0 Å². The van der Waals surface area contributed by atoms with Gasteiger partial charge in [-0.25, -0.2) is 4.79 Å². The molecule has 1 atom stereocenters. The summed E-state index contributed by atoms with van der Waals surface area (Å²) >= 11 is 0. The number of rotatable bonds is 6. The average molecular weight is 310 g/mol. The number of nitro benzene ring substituents is 1. The molecule has 0 saturated carbocycles. The molecule has 1 rings (SSSR count). The fraction of sp³-hybridized carbons (Fsp3) is 0.308. The maximum Gasteiger partial charge on any atom is 0.405 e. The smallest absolute Gasteiger partial charge is 0.405 e. The third kappa shape index (κ3) is 4.01. The number of carbonyl (C=O) groups is 2. The van der Waals surface area contributed by atoms with Crippen molar-refractivity contribution in [3.8, 4) is 0 Å². The minimum atomic E-state index is -1.16. The number of hydrogen-bond acceptors (Lipinski definition) is 7. The van der Waals surface area contributed by atoms with Crippen LogP contribution in [0.15, 0.2) is 24.3 Å². The number of methoxy groups -OCH3 is 1. The minimum absolute atomic E-state index is 0.166. The van der Waals surface area contributed by atoms with Crippen LogP contribution < -0.4 is 0 Å². The van der Waals surface area contributed by atoms with Crippen LogP contribution >= 0.6 is 0 Å². The quantitative estimate of drug-likeness (QED) is 0.208. The fourth-order valence-corrected chi connectivity index (χ4v) is 1.97. The van der Waals surface area contributed by atoms with Crippen LogP contribution in [0.3, 0.4) is 0 Å². The topological polar surface area (TPSA) is 133 Å². The highest BCUT2D eigenvalue weighted by Crippen LogP contribution is 2.26. The van der Waals surface area contributed by atoms with Crippen LogP contribution in [0.5, 0.6) is 0 Å². The zero-order valence-electron chi connectivity index (χ0n) is 11.9. The van der Waals surface area contributed by atoms with E-state index < -0.39 is 27.4 Å². The zero-order valence-corrected chi connectivity index (χ0v) is 11.9.